The molecule has 0 aliphatic carbocycles. The van der Waals surface area contributed by atoms with Crippen molar-refractivity contribution < 1.29 is 4.74 Å². The van der Waals surface area contributed by atoms with Gasteiger partial charge in [-0.1, -0.05) is 0 Å². The Labute approximate surface area is 125 Å². The number of nitrogens with one attached hydrogen (secondary N) is 1. The topological polar surface area (TPSA) is 69.8 Å². The highest BCUT2D eigenvalue weighted by molar-refractivity contribution is 5.24. The minimum absolute atomic E-state index is 0.651. The van der Waals surface area contributed by atoms with E-state index in [0.717, 1.165) is 31.2 Å². The van der Waals surface area contributed by atoms with Gasteiger partial charge in [0.1, 0.15) is 18.7 Å². The summed E-state index contributed by atoms with van der Waals surface area (Å²) in [6.45, 7) is 10.0. The third-order valence-electron chi connectivity index (χ3n) is 3.60. The molecule has 1 N–H and O–H groups in total. The molecular weight excluding hydrogens is 268 g/mol. The van der Waals surface area contributed by atoms with E-state index in [1.54, 1.807) is 13.4 Å². The number of methoxy groups -OCH3 is 1. The standard InChI is InChI=1S/C14H24N6O/c1-5-19-14(16-10-17-19)9-20-12(3)13(11(2)18-20)8-15-6-7-21-4/h10,15H,5-9H2,1-4H3. The largest absolute Gasteiger partial charge is 0.383 e. The van der Waals surface area contributed by atoms with E-state index in [1.807, 2.05) is 16.3 Å². The van der Waals surface area contributed by atoms with Crippen LogP contribution in [0.15, 0.2) is 6.33 Å². The fraction of sp³-hybridized carbons (Fsp3) is 0.643. The van der Waals surface area contributed by atoms with Crippen LogP contribution in [0.25, 0.3) is 0 Å². The minimum atomic E-state index is 0.651. The van der Waals surface area contributed by atoms with Gasteiger partial charge >= 0.3 is 0 Å². The molecule has 2 aromatic rings. The molecule has 116 valence electrons. The average molecular weight is 292 g/mol. The first-order chi connectivity index (χ1) is 10.2. The Hall–Kier alpha value is -1.73. The molecule has 2 rings (SSSR count). The summed E-state index contributed by atoms with van der Waals surface area (Å²) in [6, 6.07) is 0. The second-order valence-electron chi connectivity index (χ2n) is 4.97. The van der Waals surface area contributed by atoms with Crippen LogP contribution in [0.5, 0.6) is 0 Å². The van der Waals surface area contributed by atoms with Crippen molar-refractivity contribution in [1.29, 1.82) is 0 Å². The number of hydrogen-bond acceptors (Lipinski definition) is 5. The van der Waals surface area contributed by atoms with Crippen molar-refractivity contribution in [3.05, 3.63) is 29.1 Å². The molecule has 0 saturated carbocycles. The molecule has 0 amide bonds. The molecule has 7 nitrogen and oxygen atoms in total. The van der Waals surface area contributed by atoms with Crippen LogP contribution in [-0.4, -0.2) is 44.8 Å². The summed E-state index contributed by atoms with van der Waals surface area (Å²) in [7, 11) is 1.71. The Morgan fingerprint density at radius 1 is 1.29 bits per heavy atom. The number of aromatic nitrogens is 5. The van der Waals surface area contributed by atoms with Crippen LogP contribution < -0.4 is 5.32 Å². The van der Waals surface area contributed by atoms with Gasteiger partial charge in [-0.25, -0.2) is 9.67 Å². The first-order valence-corrected chi connectivity index (χ1v) is 7.26. The monoisotopic (exact) mass is 292 g/mol. The van der Waals surface area contributed by atoms with Crippen LogP contribution in [0.3, 0.4) is 0 Å². The first kappa shape index (κ1) is 15.7. The molecule has 0 aliphatic rings. The van der Waals surface area contributed by atoms with Crippen molar-refractivity contribution in [3.8, 4) is 0 Å². The second kappa shape index (κ2) is 7.33. The van der Waals surface area contributed by atoms with E-state index in [0.29, 0.717) is 13.2 Å². The minimum Gasteiger partial charge on any atom is -0.383 e. The Bertz CT molecular complexity index is 574. The van der Waals surface area contributed by atoms with Gasteiger partial charge in [-0.3, -0.25) is 4.68 Å². The molecule has 2 heterocycles. The average Bonchev–Trinajstić information content (AvgIpc) is 3.02. The molecule has 0 saturated heterocycles. The Balaban J connectivity index is 2.08. The molecule has 0 unspecified atom stereocenters. The summed E-state index contributed by atoms with van der Waals surface area (Å²) in [4.78, 5) is 4.31. The molecular formula is C14H24N6O. The molecule has 2 aromatic heterocycles. The predicted molar refractivity (Wildman–Crippen MR) is 80.1 cm³/mol. The van der Waals surface area contributed by atoms with Gasteiger partial charge in [0.15, 0.2) is 0 Å². The lowest BCUT2D eigenvalue weighted by molar-refractivity contribution is 0.199. The van der Waals surface area contributed by atoms with Crippen molar-refractivity contribution in [2.75, 3.05) is 20.3 Å². The lowest BCUT2D eigenvalue weighted by atomic mass is 10.2. The lowest BCUT2D eigenvalue weighted by Gasteiger charge is -2.07. The molecule has 0 aliphatic heterocycles. The zero-order valence-electron chi connectivity index (χ0n) is 13.3. The molecule has 0 fully saturated rings. The van der Waals surface area contributed by atoms with Gasteiger partial charge < -0.3 is 10.1 Å². The number of ether oxygens (including phenoxy) is 1. The van der Waals surface area contributed by atoms with Crippen molar-refractivity contribution >= 4 is 0 Å². The summed E-state index contributed by atoms with van der Waals surface area (Å²) in [6.07, 6.45) is 1.59. The summed E-state index contributed by atoms with van der Waals surface area (Å²) >= 11 is 0. The Morgan fingerprint density at radius 2 is 2.10 bits per heavy atom. The van der Waals surface area contributed by atoms with Crippen LogP contribution in [0.1, 0.15) is 29.7 Å². The molecule has 0 bridgehead atoms. The third-order valence-corrected chi connectivity index (χ3v) is 3.60. The third kappa shape index (κ3) is 3.68. The van der Waals surface area contributed by atoms with Crippen LogP contribution in [0.4, 0.5) is 0 Å². The zero-order valence-corrected chi connectivity index (χ0v) is 13.3. The summed E-state index contributed by atoms with van der Waals surface area (Å²) in [5, 5.41) is 12.2. The summed E-state index contributed by atoms with van der Waals surface area (Å²) < 4.78 is 8.93. The van der Waals surface area contributed by atoms with Gasteiger partial charge in [0, 0.05) is 38.0 Å². The van der Waals surface area contributed by atoms with Crippen molar-refractivity contribution in [1.82, 2.24) is 29.9 Å². The SMILES string of the molecule is CCn1ncnc1Cn1nc(C)c(CNCCOC)c1C. The van der Waals surface area contributed by atoms with Gasteiger partial charge in [0.25, 0.3) is 0 Å². The lowest BCUT2D eigenvalue weighted by Crippen LogP contribution is -2.19. The van der Waals surface area contributed by atoms with E-state index in [4.69, 9.17) is 4.74 Å². The zero-order chi connectivity index (χ0) is 15.2. The highest BCUT2D eigenvalue weighted by Crippen LogP contribution is 2.14. The molecule has 0 radical (unpaired) electrons. The van der Waals surface area contributed by atoms with E-state index in [1.165, 1.54) is 11.3 Å². The molecule has 21 heavy (non-hydrogen) atoms. The molecule has 0 atom stereocenters. The summed E-state index contributed by atoms with van der Waals surface area (Å²) in [5.41, 5.74) is 3.47. The molecule has 0 spiro atoms. The van der Waals surface area contributed by atoms with Crippen LogP contribution in [-0.2, 0) is 24.4 Å². The van der Waals surface area contributed by atoms with E-state index >= 15 is 0 Å². The maximum Gasteiger partial charge on any atom is 0.148 e. The second-order valence-corrected chi connectivity index (χ2v) is 4.97. The van der Waals surface area contributed by atoms with Gasteiger partial charge in [0.2, 0.25) is 0 Å². The highest BCUT2D eigenvalue weighted by Gasteiger charge is 2.13. The van der Waals surface area contributed by atoms with E-state index < -0.39 is 0 Å². The van der Waals surface area contributed by atoms with Crippen molar-refractivity contribution in [3.63, 3.8) is 0 Å². The highest BCUT2D eigenvalue weighted by atomic mass is 16.5. The quantitative estimate of drug-likeness (QED) is 0.732. The van der Waals surface area contributed by atoms with Gasteiger partial charge in [-0.2, -0.15) is 10.2 Å². The van der Waals surface area contributed by atoms with E-state index in [2.05, 4.69) is 34.3 Å². The fourth-order valence-electron chi connectivity index (χ4n) is 2.34. The van der Waals surface area contributed by atoms with E-state index in [-0.39, 0.29) is 0 Å². The van der Waals surface area contributed by atoms with Gasteiger partial charge in [-0.05, 0) is 20.8 Å². The van der Waals surface area contributed by atoms with Crippen molar-refractivity contribution in [2.45, 2.75) is 40.4 Å². The maximum absolute atomic E-state index is 5.04. The maximum atomic E-state index is 5.04. The first-order valence-electron chi connectivity index (χ1n) is 7.26. The van der Waals surface area contributed by atoms with Crippen LogP contribution in [0, 0.1) is 13.8 Å². The Kier molecular flexibility index (Phi) is 5.46. The molecule has 7 heteroatoms. The van der Waals surface area contributed by atoms with E-state index in [9.17, 15) is 0 Å². The fourth-order valence-corrected chi connectivity index (χ4v) is 2.34. The van der Waals surface area contributed by atoms with Crippen molar-refractivity contribution in [2.24, 2.45) is 0 Å². The Morgan fingerprint density at radius 3 is 2.81 bits per heavy atom. The number of nitrogens with zero attached hydrogens (tertiary/aromatic N) is 5. The van der Waals surface area contributed by atoms with Crippen LogP contribution in [0.2, 0.25) is 0 Å². The number of hydrogen-bond donors (Lipinski definition) is 1. The molecule has 0 aromatic carbocycles. The summed E-state index contributed by atoms with van der Waals surface area (Å²) in [5.74, 6) is 0.932. The van der Waals surface area contributed by atoms with Gasteiger partial charge in [0.05, 0.1) is 12.3 Å². The number of aryl methyl sites for hydroxylation is 2. The van der Waals surface area contributed by atoms with Crippen LogP contribution >= 0.6 is 0 Å². The number of rotatable bonds is 8. The van der Waals surface area contributed by atoms with Gasteiger partial charge in [-0.15, -0.1) is 0 Å². The predicted octanol–water partition coefficient (Wildman–Crippen LogP) is 0.896. The smallest absolute Gasteiger partial charge is 0.148 e. The normalized spacial score (nSPS) is 11.2.